The molecule has 0 atom stereocenters. The zero-order valence-electron chi connectivity index (χ0n) is 17.5. The van der Waals surface area contributed by atoms with Gasteiger partial charge in [0.15, 0.2) is 18.1 Å². The Morgan fingerprint density at radius 1 is 0.968 bits per heavy atom. The summed E-state index contributed by atoms with van der Waals surface area (Å²) in [6.45, 7) is 2.89. The Bertz CT molecular complexity index is 1010. The molecule has 0 aliphatic heterocycles. The van der Waals surface area contributed by atoms with Crippen molar-refractivity contribution in [2.24, 2.45) is 0 Å². The number of amides is 1. The summed E-state index contributed by atoms with van der Waals surface area (Å²) in [5.74, 6) is 0.794. The summed E-state index contributed by atoms with van der Waals surface area (Å²) in [7, 11) is 1.53. The van der Waals surface area contributed by atoms with Crippen LogP contribution < -0.4 is 24.8 Å². The minimum absolute atomic E-state index is 0.110. The standard InChI is InChI=1S/C24H25FN2O4/c1-3-30-19-11-9-18(10-12-19)26-15-17-8-13-22(23(14-17)29-2)31-16-24(28)27-21-7-5-4-6-20(21)25/h4-14,26H,3,15-16H2,1-2H3,(H,27,28). The lowest BCUT2D eigenvalue weighted by Crippen LogP contribution is -2.21. The summed E-state index contributed by atoms with van der Waals surface area (Å²) in [4.78, 5) is 12.1. The number of para-hydroxylation sites is 1. The Morgan fingerprint density at radius 2 is 1.74 bits per heavy atom. The first-order valence-corrected chi connectivity index (χ1v) is 9.90. The predicted molar refractivity (Wildman–Crippen MR) is 118 cm³/mol. The van der Waals surface area contributed by atoms with Crippen molar-refractivity contribution in [3.05, 3.63) is 78.1 Å². The molecule has 6 nitrogen and oxygen atoms in total. The predicted octanol–water partition coefficient (Wildman–Crippen LogP) is 4.86. The molecule has 31 heavy (non-hydrogen) atoms. The van der Waals surface area contributed by atoms with Crippen molar-refractivity contribution in [2.45, 2.75) is 13.5 Å². The number of hydrogen-bond acceptors (Lipinski definition) is 5. The van der Waals surface area contributed by atoms with Gasteiger partial charge in [0.25, 0.3) is 5.91 Å². The first-order chi connectivity index (χ1) is 15.1. The van der Waals surface area contributed by atoms with Gasteiger partial charge in [0.05, 0.1) is 19.4 Å². The number of ether oxygens (including phenoxy) is 3. The van der Waals surface area contributed by atoms with Crippen LogP contribution in [0.15, 0.2) is 66.7 Å². The molecular weight excluding hydrogens is 399 g/mol. The van der Waals surface area contributed by atoms with Gasteiger partial charge in [-0.05, 0) is 61.0 Å². The van der Waals surface area contributed by atoms with Crippen LogP contribution in [-0.4, -0.2) is 26.2 Å². The third kappa shape index (κ3) is 6.37. The lowest BCUT2D eigenvalue weighted by Gasteiger charge is -2.13. The molecule has 0 heterocycles. The summed E-state index contributed by atoms with van der Waals surface area (Å²) in [5, 5.41) is 5.81. The first-order valence-electron chi connectivity index (χ1n) is 9.90. The molecular formula is C24H25FN2O4. The molecule has 3 aromatic rings. The SMILES string of the molecule is CCOc1ccc(NCc2ccc(OCC(=O)Nc3ccccc3F)c(OC)c2)cc1. The molecule has 1 amide bonds. The van der Waals surface area contributed by atoms with E-state index in [1.165, 1.54) is 19.2 Å². The average molecular weight is 424 g/mol. The van der Waals surface area contributed by atoms with E-state index < -0.39 is 11.7 Å². The molecule has 0 saturated carbocycles. The van der Waals surface area contributed by atoms with E-state index in [1.54, 1.807) is 18.2 Å². The fourth-order valence-corrected chi connectivity index (χ4v) is 2.87. The van der Waals surface area contributed by atoms with E-state index in [9.17, 15) is 9.18 Å². The molecule has 0 aliphatic carbocycles. The number of nitrogens with one attached hydrogen (secondary N) is 2. The van der Waals surface area contributed by atoms with Crippen molar-refractivity contribution in [2.75, 3.05) is 31.0 Å². The van der Waals surface area contributed by atoms with Gasteiger partial charge < -0.3 is 24.8 Å². The number of halogens is 1. The molecule has 0 aromatic heterocycles. The summed E-state index contributed by atoms with van der Waals surface area (Å²) in [5.41, 5.74) is 2.06. The summed E-state index contributed by atoms with van der Waals surface area (Å²) in [6.07, 6.45) is 0. The summed E-state index contributed by atoms with van der Waals surface area (Å²) >= 11 is 0. The van der Waals surface area contributed by atoms with Gasteiger partial charge in [-0.1, -0.05) is 18.2 Å². The Labute approximate surface area is 181 Å². The molecule has 0 spiro atoms. The van der Waals surface area contributed by atoms with Crippen LogP contribution >= 0.6 is 0 Å². The van der Waals surface area contributed by atoms with E-state index in [-0.39, 0.29) is 12.3 Å². The van der Waals surface area contributed by atoms with Crippen molar-refractivity contribution >= 4 is 17.3 Å². The number of carbonyl (C=O) groups excluding carboxylic acids is 1. The Kier molecular flexibility index (Phi) is 7.70. The maximum absolute atomic E-state index is 13.6. The smallest absolute Gasteiger partial charge is 0.262 e. The second-order valence-corrected chi connectivity index (χ2v) is 6.61. The Morgan fingerprint density at radius 3 is 2.45 bits per heavy atom. The van der Waals surface area contributed by atoms with Crippen LogP contribution in [0.3, 0.4) is 0 Å². The van der Waals surface area contributed by atoms with Gasteiger partial charge >= 0.3 is 0 Å². The van der Waals surface area contributed by atoms with E-state index >= 15 is 0 Å². The van der Waals surface area contributed by atoms with Gasteiger partial charge in [-0.3, -0.25) is 4.79 Å². The van der Waals surface area contributed by atoms with Crippen molar-refractivity contribution in [3.63, 3.8) is 0 Å². The third-order valence-electron chi connectivity index (χ3n) is 4.40. The highest BCUT2D eigenvalue weighted by molar-refractivity contribution is 5.92. The van der Waals surface area contributed by atoms with Crippen LogP contribution in [0.4, 0.5) is 15.8 Å². The van der Waals surface area contributed by atoms with Crippen LogP contribution in [0.25, 0.3) is 0 Å². The number of methoxy groups -OCH3 is 1. The number of hydrogen-bond donors (Lipinski definition) is 2. The largest absolute Gasteiger partial charge is 0.494 e. The van der Waals surface area contributed by atoms with Gasteiger partial charge in [0.1, 0.15) is 11.6 Å². The lowest BCUT2D eigenvalue weighted by molar-refractivity contribution is -0.118. The van der Waals surface area contributed by atoms with Crippen LogP contribution in [-0.2, 0) is 11.3 Å². The molecule has 0 aliphatic rings. The van der Waals surface area contributed by atoms with Crippen LogP contribution in [0, 0.1) is 5.82 Å². The fraction of sp³-hybridized carbons (Fsp3) is 0.208. The van der Waals surface area contributed by atoms with Crippen molar-refractivity contribution in [1.29, 1.82) is 0 Å². The second-order valence-electron chi connectivity index (χ2n) is 6.61. The zero-order chi connectivity index (χ0) is 22.1. The monoisotopic (exact) mass is 424 g/mol. The van der Waals surface area contributed by atoms with E-state index in [0.717, 1.165) is 17.0 Å². The number of rotatable bonds is 10. The number of carbonyl (C=O) groups is 1. The third-order valence-corrected chi connectivity index (χ3v) is 4.40. The highest BCUT2D eigenvalue weighted by atomic mass is 19.1. The molecule has 0 saturated heterocycles. The maximum Gasteiger partial charge on any atom is 0.262 e. The minimum Gasteiger partial charge on any atom is -0.494 e. The van der Waals surface area contributed by atoms with Gasteiger partial charge in [-0.25, -0.2) is 4.39 Å². The van der Waals surface area contributed by atoms with Crippen molar-refractivity contribution in [3.8, 4) is 17.2 Å². The van der Waals surface area contributed by atoms with E-state index in [1.807, 2.05) is 43.3 Å². The van der Waals surface area contributed by atoms with Gasteiger partial charge in [0.2, 0.25) is 0 Å². The normalized spacial score (nSPS) is 10.3. The van der Waals surface area contributed by atoms with Crippen LogP contribution in [0.2, 0.25) is 0 Å². The summed E-state index contributed by atoms with van der Waals surface area (Å²) < 4.78 is 30.0. The molecule has 0 bridgehead atoms. The maximum atomic E-state index is 13.6. The molecule has 0 fully saturated rings. The highest BCUT2D eigenvalue weighted by Gasteiger charge is 2.11. The highest BCUT2D eigenvalue weighted by Crippen LogP contribution is 2.28. The van der Waals surface area contributed by atoms with Crippen LogP contribution in [0.1, 0.15) is 12.5 Å². The van der Waals surface area contributed by atoms with E-state index in [4.69, 9.17) is 14.2 Å². The fourth-order valence-electron chi connectivity index (χ4n) is 2.87. The summed E-state index contributed by atoms with van der Waals surface area (Å²) in [6, 6.07) is 19.2. The number of benzene rings is 3. The molecule has 0 unspecified atom stereocenters. The zero-order valence-corrected chi connectivity index (χ0v) is 17.5. The van der Waals surface area contributed by atoms with E-state index in [2.05, 4.69) is 10.6 Å². The molecule has 2 N–H and O–H groups in total. The molecule has 0 radical (unpaired) electrons. The number of anilines is 2. The van der Waals surface area contributed by atoms with E-state index in [0.29, 0.717) is 24.7 Å². The Balaban J connectivity index is 1.55. The molecule has 162 valence electrons. The second kappa shape index (κ2) is 10.9. The van der Waals surface area contributed by atoms with Gasteiger partial charge in [-0.15, -0.1) is 0 Å². The topological polar surface area (TPSA) is 68.8 Å². The van der Waals surface area contributed by atoms with Crippen LogP contribution in [0.5, 0.6) is 17.2 Å². The van der Waals surface area contributed by atoms with Crippen molar-refractivity contribution in [1.82, 2.24) is 0 Å². The van der Waals surface area contributed by atoms with Crippen molar-refractivity contribution < 1.29 is 23.4 Å². The molecule has 3 rings (SSSR count). The van der Waals surface area contributed by atoms with Gasteiger partial charge in [0, 0.05) is 12.2 Å². The average Bonchev–Trinajstić information content (AvgIpc) is 2.79. The lowest BCUT2D eigenvalue weighted by atomic mass is 10.2. The molecule has 7 heteroatoms. The quantitative estimate of drug-likeness (QED) is 0.486. The minimum atomic E-state index is -0.502. The molecule has 3 aromatic carbocycles. The Hall–Kier alpha value is -3.74. The first kappa shape index (κ1) is 22.0. The van der Waals surface area contributed by atoms with Gasteiger partial charge in [-0.2, -0.15) is 0 Å².